The molecule has 2 aromatic rings. The van der Waals surface area contributed by atoms with Gasteiger partial charge < -0.3 is 4.90 Å². The minimum Gasteiger partial charge on any atom is -0.344 e. The maximum absolute atomic E-state index is 2.54. The van der Waals surface area contributed by atoms with Crippen LogP contribution in [0.5, 0.6) is 0 Å². The van der Waals surface area contributed by atoms with Crippen LogP contribution in [0.1, 0.15) is 44.1 Å². The van der Waals surface area contributed by atoms with Gasteiger partial charge in [0.25, 0.3) is 0 Å². The van der Waals surface area contributed by atoms with E-state index >= 15 is 0 Å². The minimum absolute atomic E-state index is 0.688. The fourth-order valence-corrected chi connectivity index (χ4v) is 3.80. The van der Waals surface area contributed by atoms with Crippen molar-refractivity contribution in [3.63, 3.8) is 0 Å². The van der Waals surface area contributed by atoms with Crippen LogP contribution in [0.4, 0.5) is 5.69 Å². The third kappa shape index (κ3) is 1.93. The van der Waals surface area contributed by atoms with Crippen LogP contribution in [0.2, 0.25) is 0 Å². The number of benzene rings is 2. The molecule has 20 heavy (non-hydrogen) atoms. The first-order valence-electron chi connectivity index (χ1n) is 7.92. The Morgan fingerprint density at radius 3 is 2.40 bits per heavy atom. The predicted octanol–water partition coefficient (Wildman–Crippen LogP) is 5.35. The third-order valence-electron chi connectivity index (χ3n) is 4.83. The Hall–Kier alpha value is -1.76. The zero-order valence-corrected chi connectivity index (χ0v) is 11.9. The summed E-state index contributed by atoms with van der Waals surface area (Å²) in [7, 11) is 0. The standard InChI is InChI=1S/C19H21N/c1-2-4-11-17(10-3-1)20-14-13-16-8-5-7-15-9-6-12-18(20)19(15)16/h5-9,12-14,17H,1-4,10-11H2. The van der Waals surface area contributed by atoms with Crippen molar-refractivity contribution in [2.75, 3.05) is 4.90 Å². The summed E-state index contributed by atoms with van der Waals surface area (Å²) >= 11 is 0. The lowest BCUT2D eigenvalue weighted by Crippen LogP contribution is -2.31. The van der Waals surface area contributed by atoms with Gasteiger partial charge in [-0.05, 0) is 35.9 Å². The van der Waals surface area contributed by atoms with Crippen LogP contribution < -0.4 is 4.90 Å². The van der Waals surface area contributed by atoms with E-state index in [-0.39, 0.29) is 0 Å². The second-order valence-electron chi connectivity index (χ2n) is 6.09. The van der Waals surface area contributed by atoms with Gasteiger partial charge in [-0.2, -0.15) is 0 Å². The van der Waals surface area contributed by atoms with Gasteiger partial charge in [0, 0.05) is 23.3 Å². The van der Waals surface area contributed by atoms with E-state index in [2.05, 4.69) is 53.6 Å². The maximum atomic E-state index is 2.54. The summed E-state index contributed by atoms with van der Waals surface area (Å²) in [5, 5.41) is 2.80. The molecule has 102 valence electrons. The van der Waals surface area contributed by atoms with Crippen molar-refractivity contribution in [2.24, 2.45) is 0 Å². The monoisotopic (exact) mass is 263 g/mol. The van der Waals surface area contributed by atoms with E-state index in [4.69, 9.17) is 0 Å². The van der Waals surface area contributed by atoms with Crippen LogP contribution in [0.25, 0.3) is 16.8 Å². The molecule has 1 fully saturated rings. The molecule has 1 heteroatoms. The lowest BCUT2D eigenvalue weighted by molar-refractivity contribution is 0.567. The third-order valence-corrected chi connectivity index (χ3v) is 4.83. The fraction of sp³-hybridized carbons (Fsp3) is 0.368. The SMILES string of the molecule is C1=CN(C2CCCCCC2)c2cccc3cccc1c23. The first kappa shape index (κ1) is 12.0. The molecule has 0 aromatic heterocycles. The Labute approximate surface area is 120 Å². The molecule has 0 bridgehead atoms. The van der Waals surface area contributed by atoms with Gasteiger partial charge in [0.05, 0.1) is 0 Å². The van der Waals surface area contributed by atoms with Crippen LogP contribution in [0.15, 0.2) is 42.6 Å². The van der Waals surface area contributed by atoms with E-state index in [0.29, 0.717) is 6.04 Å². The van der Waals surface area contributed by atoms with Crippen LogP contribution >= 0.6 is 0 Å². The highest BCUT2D eigenvalue weighted by atomic mass is 15.1. The number of nitrogens with zero attached hydrogens (tertiary/aromatic N) is 1. The van der Waals surface area contributed by atoms with Gasteiger partial charge in [-0.3, -0.25) is 0 Å². The smallest absolute Gasteiger partial charge is 0.0494 e. The molecule has 1 saturated carbocycles. The van der Waals surface area contributed by atoms with Crippen molar-refractivity contribution in [2.45, 2.75) is 44.6 Å². The summed E-state index contributed by atoms with van der Waals surface area (Å²) in [6.07, 6.45) is 12.9. The number of rotatable bonds is 1. The van der Waals surface area contributed by atoms with Gasteiger partial charge >= 0.3 is 0 Å². The van der Waals surface area contributed by atoms with E-state index in [9.17, 15) is 0 Å². The van der Waals surface area contributed by atoms with Crippen molar-refractivity contribution >= 4 is 22.5 Å². The molecule has 0 amide bonds. The lowest BCUT2D eigenvalue weighted by Gasteiger charge is -2.33. The van der Waals surface area contributed by atoms with Gasteiger partial charge in [0.2, 0.25) is 0 Å². The lowest BCUT2D eigenvalue weighted by atomic mass is 9.97. The van der Waals surface area contributed by atoms with Crippen molar-refractivity contribution in [1.29, 1.82) is 0 Å². The highest BCUT2D eigenvalue weighted by Gasteiger charge is 2.22. The Morgan fingerprint density at radius 2 is 1.60 bits per heavy atom. The summed E-state index contributed by atoms with van der Waals surface area (Å²) in [4.78, 5) is 2.54. The van der Waals surface area contributed by atoms with E-state index in [1.807, 2.05) is 0 Å². The number of anilines is 1. The van der Waals surface area contributed by atoms with Crippen LogP contribution in [0, 0.1) is 0 Å². The van der Waals surface area contributed by atoms with E-state index in [0.717, 1.165) is 0 Å². The van der Waals surface area contributed by atoms with Gasteiger partial charge in [0.15, 0.2) is 0 Å². The Morgan fingerprint density at radius 1 is 0.850 bits per heavy atom. The maximum Gasteiger partial charge on any atom is 0.0494 e. The largest absolute Gasteiger partial charge is 0.344 e. The van der Waals surface area contributed by atoms with E-state index < -0.39 is 0 Å². The summed E-state index contributed by atoms with van der Waals surface area (Å²) in [5.74, 6) is 0. The van der Waals surface area contributed by atoms with E-state index in [1.165, 1.54) is 60.5 Å². The number of hydrogen-bond donors (Lipinski definition) is 0. The zero-order valence-electron chi connectivity index (χ0n) is 11.9. The minimum atomic E-state index is 0.688. The van der Waals surface area contributed by atoms with Gasteiger partial charge in [-0.15, -0.1) is 0 Å². The molecular formula is C19H21N. The molecular weight excluding hydrogens is 242 g/mol. The molecule has 1 aliphatic carbocycles. The molecule has 0 saturated heterocycles. The topological polar surface area (TPSA) is 3.24 Å². The summed E-state index contributed by atoms with van der Waals surface area (Å²) in [6.45, 7) is 0. The average molecular weight is 263 g/mol. The van der Waals surface area contributed by atoms with Crippen molar-refractivity contribution in [1.82, 2.24) is 0 Å². The van der Waals surface area contributed by atoms with Crippen LogP contribution in [-0.4, -0.2) is 6.04 Å². The first-order chi connectivity index (χ1) is 9.93. The molecule has 0 spiro atoms. The van der Waals surface area contributed by atoms with Crippen LogP contribution in [0.3, 0.4) is 0 Å². The van der Waals surface area contributed by atoms with Crippen LogP contribution in [-0.2, 0) is 0 Å². The fourth-order valence-electron chi connectivity index (χ4n) is 3.80. The average Bonchev–Trinajstić information content (AvgIpc) is 2.77. The van der Waals surface area contributed by atoms with E-state index in [1.54, 1.807) is 0 Å². The van der Waals surface area contributed by atoms with Crippen molar-refractivity contribution in [3.8, 4) is 0 Å². The molecule has 0 N–H and O–H groups in total. The Kier molecular flexibility index (Phi) is 2.99. The highest BCUT2D eigenvalue weighted by molar-refractivity contribution is 6.02. The van der Waals surface area contributed by atoms with Crippen molar-refractivity contribution < 1.29 is 0 Å². The predicted molar refractivity (Wildman–Crippen MR) is 87.0 cm³/mol. The molecule has 0 atom stereocenters. The molecule has 1 nitrogen and oxygen atoms in total. The summed E-state index contributed by atoms with van der Waals surface area (Å²) < 4.78 is 0. The van der Waals surface area contributed by atoms with Crippen molar-refractivity contribution in [3.05, 3.63) is 48.2 Å². The van der Waals surface area contributed by atoms with Gasteiger partial charge in [0.1, 0.15) is 0 Å². The Balaban J connectivity index is 1.81. The summed E-state index contributed by atoms with van der Waals surface area (Å²) in [6, 6.07) is 14.0. The molecule has 1 aliphatic heterocycles. The van der Waals surface area contributed by atoms with Gasteiger partial charge in [-0.25, -0.2) is 0 Å². The second kappa shape index (κ2) is 4.97. The zero-order chi connectivity index (χ0) is 13.4. The highest BCUT2D eigenvalue weighted by Crippen LogP contribution is 2.37. The normalized spacial score (nSPS) is 19.3. The Bertz CT molecular complexity index is 643. The molecule has 4 rings (SSSR count). The van der Waals surface area contributed by atoms with Gasteiger partial charge in [-0.1, -0.05) is 56.0 Å². The molecule has 0 unspecified atom stereocenters. The second-order valence-corrected chi connectivity index (χ2v) is 6.09. The number of hydrogen-bond acceptors (Lipinski definition) is 1. The molecule has 0 radical (unpaired) electrons. The quantitative estimate of drug-likeness (QED) is 0.627. The first-order valence-corrected chi connectivity index (χ1v) is 7.92. The summed E-state index contributed by atoms with van der Waals surface area (Å²) in [5.41, 5.74) is 2.77. The molecule has 2 aromatic carbocycles. The molecule has 1 heterocycles. The molecule has 2 aliphatic rings.